The first-order valence-corrected chi connectivity index (χ1v) is 8.76. The lowest BCUT2D eigenvalue weighted by Gasteiger charge is -2.41. The maximum atomic E-state index is 12.9. The highest BCUT2D eigenvalue weighted by atomic mass is 16.6. The third kappa shape index (κ3) is 2.53. The summed E-state index contributed by atoms with van der Waals surface area (Å²) < 4.78 is 0. The van der Waals surface area contributed by atoms with E-state index in [0.717, 1.165) is 17.4 Å². The van der Waals surface area contributed by atoms with Gasteiger partial charge >= 0.3 is 0 Å². The molecular weight excluding hydrogens is 354 g/mol. The minimum absolute atomic E-state index is 0.0111. The molecule has 1 aliphatic heterocycles. The first-order chi connectivity index (χ1) is 12.8. The molecule has 0 unspecified atom stereocenters. The number of fused-ring (bicyclic) bond motifs is 2. The number of benzene rings is 1. The van der Waals surface area contributed by atoms with Gasteiger partial charge in [-0.25, -0.2) is 4.90 Å². The summed E-state index contributed by atoms with van der Waals surface area (Å²) in [5, 5.41) is 13.7. The largest absolute Gasteiger partial charge is 0.321 e. The quantitative estimate of drug-likeness (QED) is 0.489. The molecule has 3 amide bonds. The van der Waals surface area contributed by atoms with Gasteiger partial charge in [0.2, 0.25) is 17.7 Å². The molecule has 1 saturated heterocycles. The topological polar surface area (TPSA) is 127 Å². The predicted molar refractivity (Wildman–Crippen MR) is 92.7 cm³/mol. The molecule has 1 heterocycles. The van der Waals surface area contributed by atoms with Crippen LogP contribution in [0.5, 0.6) is 0 Å². The van der Waals surface area contributed by atoms with Crippen molar-refractivity contribution in [1.82, 2.24) is 0 Å². The number of imide groups is 1. The van der Waals surface area contributed by atoms with Gasteiger partial charge in [0.1, 0.15) is 11.5 Å². The van der Waals surface area contributed by atoms with Crippen LogP contribution in [0.25, 0.3) is 0 Å². The number of nitro benzene ring substituents is 1. The fraction of sp³-hybridized carbons (Fsp3) is 0.444. The maximum Gasteiger partial charge on any atom is 0.294 e. The highest BCUT2D eigenvalue weighted by Crippen LogP contribution is 2.52. The molecule has 4 fully saturated rings. The Balaban J connectivity index is 1.74. The molecule has 1 aromatic rings. The van der Waals surface area contributed by atoms with Crippen LogP contribution in [0.1, 0.15) is 26.2 Å². The number of hydrogen-bond acceptors (Lipinski definition) is 6. The van der Waals surface area contributed by atoms with Gasteiger partial charge in [0.15, 0.2) is 0 Å². The first-order valence-electron chi connectivity index (χ1n) is 8.76. The van der Waals surface area contributed by atoms with Crippen LogP contribution >= 0.6 is 0 Å². The van der Waals surface area contributed by atoms with Gasteiger partial charge in [-0.05, 0) is 30.9 Å². The molecule has 0 spiro atoms. The van der Waals surface area contributed by atoms with Crippen molar-refractivity contribution < 1.29 is 24.1 Å². The summed E-state index contributed by atoms with van der Waals surface area (Å²) in [5.74, 6) is -3.06. The molecule has 5 rings (SSSR count). The molecule has 27 heavy (non-hydrogen) atoms. The number of nitrogens with one attached hydrogen (secondary N) is 1. The van der Waals surface area contributed by atoms with Gasteiger partial charge in [-0.3, -0.25) is 29.3 Å². The van der Waals surface area contributed by atoms with E-state index in [1.807, 2.05) is 0 Å². The number of amides is 3. The average Bonchev–Trinajstić information content (AvgIpc) is 2.88. The Hall–Kier alpha value is -3.10. The van der Waals surface area contributed by atoms with Crippen LogP contribution in [0, 0.1) is 33.8 Å². The normalized spacial score (nSPS) is 29.1. The van der Waals surface area contributed by atoms with Crippen molar-refractivity contribution in [1.29, 1.82) is 0 Å². The SMILES string of the molecule is CC(=O)Nc1ccc(N2C(=O)[C@@H]3[C@H]4CC[C@H](C(=O)C4)[C@@H]3C2=O)cc1[N+](=O)[O-]. The standard InChI is InChI=1S/C18H17N3O6/c1-8(22)19-12-5-3-10(7-13(12)21(26)27)20-17(24)15-9-2-4-11(14(23)6-9)16(15)18(20)25/h3,5,7,9,11,15-16H,2,4,6H2,1H3,(H,19,22)/t9-,11+,15+,16-/m0/s1. The third-order valence-electron chi connectivity index (χ3n) is 5.81. The number of carbonyl (C=O) groups is 4. The smallest absolute Gasteiger partial charge is 0.294 e. The summed E-state index contributed by atoms with van der Waals surface area (Å²) in [5.41, 5.74) is -0.327. The van der Waals surface area contributed by atoms with E-state index in [-0.39, 0.29) is 23.1 Å². The summed E-state index contributed by atoms with van der Waals surface area (Å²) in [7, 11) is 0. The number of hydrogen-bond donors (Lipinski definition) is 1. The molecule has 2 bridgehead atoms. The second kappa shape index (κ2) is 5.97. The van der Waals surface area contributed by atoms with Crippen LogP contribution in [-0.4, -0.2) is 28.4 Å². The summed E-state index contributed by atoms with van der Waals surface area (Å²) in [6.45, 7) is 1.22. The summed E-state index contributed by atoms with van der Waals surface area (Å²) >= 11 is 0. The molecule has 9 heteroatoms. The second-order valence-corrected chi connectivity index (χ2v) is 7.32. The van der Waals surface area contributed by atoms with Crippen molar-refractivity contribution in [2.75, 3.05) is 10.2 Å². The Kier molecular flexibility index (Phi) is 3.83. The molecule has 3 saturated carbocycles. The van der Waals surface area contributed by atoms with Gasteiger partial charge < -0.3 is 5.32 Å². The van der Waals surface area contributed by atoms with Crippen LogP contribution < -0.4 is 10.2 Å². The van der Waals surface area contributed by atoms with E-state index < -0.39 is 46.1 Å². The molecule has 1 aromatic carbocycles. The zero-order chi connectivity index (χ0) is 19.5. The van der Waals surface area contributed by atoms with Crippen LogP contribution in [-0.2, 0) is 19.2 Å². The molecule has 9 nitrogen and oxygen atoms in total. The Labute approximate surface area is 153 Å². The minimum Gasteiger partial charge on any atom is -0.321 e. The number of anilines is 2. The molecule has 0 radical (unpaired) electrons. The van der Waals surface area contributed by atoms with Crippen LogP contribution in [0.2, 0.25) is 0 Å². The van der Waals surface area contributed by atoms with E-state index in [9.17, 15) is 29.3 Å². The fourth-order valence-corrected chi connectivity index (χ4v) is 4.74. The monoisotopic (exact) mass is 371 g/mol. The summed E-state index contributed by atoms with van der Waals surface area (Å²) in [4.78, 5) is 60.9. The second-order valence-electron chi connectivity index (χ2n) is 7.32. The molecule has 4 aliphatic rings. The van der Waals surface area contributed by atoms with E-state index in [1.54, 1.807) is 0 Å². The summed E-state index contributed by atoms with van der Waals surface area (Å²) in [6.07, 6.45) is 1.67. The Morgan fingerprint density at radius 3 is 2.52 bits per heavy atom. The summed E-state index contributed by atoms with van der Waals surface area (Å²) in [6, 6.07) is 3.81. The number of rotatable bonds is 3. The van der Waals surface area contributed by atoms with Crippen LogP contribution in [0.4, 0.5) is 17.1 Å². The fourth-order valence-electron chi connectivity index (χ4n) is 4.74. The van der Waals surface area contributed by atoms with Gasteiger partial charge in [-0.2, -0.15) is 0 Å². The Morgan fingerprint density at radius 2 is 1.89 bits per heavy atom. The highest BCUT2D eigenvalue weighted by Gasteiger charge is 2.61. The first kappa shape index (κ1) is 17.3. The third-order valence-corrected chi connectivity index (χ3v) is 5.81. The van der Waals surface area contributed by atoms with Gasteiger partial charge in [0.25, 0.3) is 5.69 Å². The zero-order valence-electron chi connectivity index (χ0n) is 14.5. The molecule has 1 N–H and O–H groups in total. The number of ketones is 1. The van der Waals surface area contributed by atoms with Crippen molar-refractivity contribution >= 4 is 40.6 Å². The minimum atomic E-state index is -0.680. The molecule has 0 aromatic heterocycles. The van der Waals surface area contributed by atoms with E-state index in [0.29, 0.717) is 12.8 Å². The van der Waals surface area contributed by atoms with Crippen LogP contribution in [0.15, 0.2) is 18.2 Å². The van der Waals surface area contributed by atoms with E-state index in [2.05, 4.69) is 5.32 Å². The lowest BCUT2D eigenvalue weighted by atomic mass is 9.59. The molecular formula is C18H17N3O6. The van der Waals surface area contributed by atoms with Gasteiger partial charge in [-0.1, -0.05) is 0 Å². The Morgan fingerprint density at radius 1 is 1.19 bits per heavy atom. The van der Waals surface area contributed by atoms with Gasteiger partial charge in [0.05, 0.1) is 22.4 Å². The van der Waals surface area contributed by atoms with Crippen molar-refractivity contribution in [2.45, 2.75) is 26.2 Å². The number of nitrogens with zero attached hydrogens (tertiary/aromatic N) is 2. The van der Waals surface area contributed by atoms with Crippen LogP contribution in [0.3, 0.4) is 0 Å². The van der Waals surface area contributed by atoms with Crippen molar-refractivity contribution in [3.63, 3.8) is 0 Å². The maximum absolute atomic E-state index is 12.9. The van der Waals surface area contributed by atoms with Crippen molar-refractivity contribution in [3.8, 4) is 0 Å². The van der Waals surface area contributed by atoms with E-state index in [4.69, 9.17) is 0 Å². The Bertz CT molecular complexity index is 910. The van der Waals surface area contributed by atoms with E-state index >= 15 is 0 Å². The zero-order valence-corrected chi connectivity index (χ0v) is 14.5. The van der Waals surface area contributed by atoms with Crippen molar-refractivity contribution in [3.05, 3.63) is 28.3 Å². The highest BCUT2D eigenvalue weighted by molar-refractivity contribution is 6.23. The lowest BCUT2D eigenvalue weighted by Crippen LogP contribution is -2.46. The van der Waals surface area contributed by atoms with Gasteiger partial charge in [0, 0.05) is 25.3 Å². The molecule has 140 valence electrons. The molecule has 3 aliphatic carbocycles. The molecule has 4 atom stereocenters. The van der Waals surface area contributed by atoms with Crippen molar-refractivity contribution in [2.24, 2.45) is 23.7 Å². The lowest BCUT2D eigenvalue weighted by molar-refractivity contribution is -0.383. The van der Waals surface area contributed by atoms with E-state index in [1.165, 1.54) is 19.1 Å². The average molecular weight is 371 g/mol. The van der Waals surface area contributed by atoms with Gasteiger partial charge in [-0.15, -0.1) is 0 Å². The number of Topliss-reactive ketones (excluding diaryl/α,β-unsaturated/α-hetero) is 1. The number of carbonyl (C=O) groups excluding carboxylic acids is 4. The number of nitro groups is 1. The predicted octanol–water partition coefficient (Wildman–Crippen LogP) is 1.66.